The zero-order valence-corrected chi connectivity index (χ0v) is 12.6. The van der Waals surface area contributed by atoms with Crippen LogP contribution >= 0.6 is 11.3 Å². The number of rotatable bonds is 4. The predicted molar refractivity (Wildman–Crippen MR) is 80.0 cm³/mol. The van der Waals surface area contributed by atoms with Crippen molar-refractivity contribution >= 4 is 28.0 Å². The Morgan fingerprint density at radius 3 is 2.90 bits per heavy atom. The molecule has 1 aliphatic heterocycles. The first-order valence-electron chi connectivity index (χ1n) is 6.86. The largest absolute Gasteiger partial charge is 0.462 e. The highest BCUT2D eigenvalue weighted by atomic mass is 32.1. The molecule has 1 aromatic heterocycles. The van der Waals surface area contributed by atoms with E-state index in [1.807, 2.05) is 0 Å². The summed E-state index contributed by atoms with van der Waals surface area (Å²) in [6, 6.07) is 2.06. The van der Waals surface area contributed by atoms with Gasteiger partial charge in [0.05, 0.1) is 12.3 Å². The molecule has 2 N–H and O–H groups in total. The summed E-state index contributed by atoms with van der Waals surface area (Å²) in [5.41, 5.74) is 6.56. The van der Waals surface area contributed by atoms with Crippen LogP contribution in [0.3, 0.4) is 0 Å². The van der Waals surface area contributed by atoms with Crippen LogP contribution in [0.25, 0.3) is 0 Å². The molecule has 1 aliphatic rings. The van der Waals surface area contributed by atoms with Crippen molar-refractivity contribution in [3.8, 4) is 6.07 Å². The fourth-order valence-electron chi connectivity index (χ4n) is 2.49. The second-order valence-electron chi connectivity index (χ2n) is 4.87. The monoisotopic (exact) mass is 293 g/mol. The first-order valence-corrected chi connectivity index (χ1v) is 7.68. The molecule has 1 aromatic rings. The van der Waals surface area contributed by atoms with Gasteiger partial charge in [0.15, 0.2) is 0 Å². The summed E-state index contributed by atoms with van der Waals surface area (Å²) in [6.45, 7) is 6.04. The van der Waals surface area contributed by atoms with Crippen molar-refractivity contribution in [3.63, 3.8) is 0 Å². The summed E-state index contributed by atoms with van der Waals surface area (Å²) >= 11 is 1.29. The Hall–Kier alpha value is -1.74. The van der Waals surface area contributed by atoms with E-state index in [4.69, 9.17) is 15.7 Å². The van der Waals surface area contributed by atoms with E-state index >= 15 is 0 Å². The van der Waals surface area contributed by atoms with Crippen molar-refractivity contribution in [1.29, 1.82) is 5.26 Å². The number of carbonyl (C=O) groups excluding carboxylic acids is 1. The van der Waals surface area contributed by atoms with Gasteiger partial charge >= 0.3 is 5.97 Å². The van der Waals surface area contributed by atoms with Gasteiger partial charge in [0, 0.05) is 13.1 Å². The van der Waals surface area contributed by atoms with E-state index in [1.54, 1.807) is 6.92 Å². The molecule has 0 saturated carbocycles. The van der Waals surface area contributed by atoms with E-state index in [1.165, 1.54) is 11.3 Å². The van der Waals surface area contributed by atoms with Gasteiger partial charge in [-0.1, -0.05) is 13.3 Å². The third-order valence-electron chi connectivity index (χ3n) is 3.66. The fraction of sp³-hybridized carbons (Fsp3) is 0.571. The maximum absolute atomic E-state index is 12.1. The lowest BCUT2D eigenvalue weighted by Gasteiger charge is -2.18. The van der Waals surface area contributed by atoms with Gasteiger partial charge in [-0.2, -0.15) is 5.26 Å². The molecule has 2 heterocycles. The standard InChI is InChI=1S/C14H19N3O2S/c1-3-9-5-6-17(8-9)13-11(14(18)19-4-2)12(16)10(7-15)20-13/h9H,3-6,8,16H2,1-2H3. The van der Waals surface area contributed by atoms with Crippen molar-refractivity contribution in [2.75, 3.05) is 30.3 Å². The van der Waals surface area contributed by atoms with Gasteiger partial charge in [-0.15, -0.1) is 11.3 Å². The van der Waals surface area contributed by atoms with Crippen molar-refractivity contribution in [2.24, 2.45) is 5.92 Å². The lowest BCUT2D eigenvalue weighted by atomic mass is 10.1. The van der Waals surface area contributed by atoms with Gasteiger partial charge in [0.2, 0.25) is 0 Å². The summed E-state index contributed by atoms with van der Waals surface area (Å²) in [4.78, 5) is 14.6. The Balaban J connectivity index is 2.37. The maximum Gasteiger partial charge on any atom is 0.343 e. The first-order chi connectivity index (χ1) is 9.62. The van der Waals surface area contributed by atoms with Gasteiger partial charge in [0.25, 0.3) is 0 Å². The lowest BCUT2D eigenvalue weighted by molar-refractivity contribution is 0.0529. The minimum Gasteiger partial charge on any atom is -0.462 e. The van der Waals surface area contributed by atoms with Crippen LogP contribution in [0.1, 0.15) is 41.9 Å². The molecule has 0 amide bonds. The normalized spacial score (nSPS) is 18.1. The van der Waals surface area contributed by atoms with Crippen LogP contribution in [0.2, 0.25) is 0 Å². The minimum atomic E-state index is -0.433. The average molecular weight is 293 g/mol. The van der Waals surface area contributed by atoms with Gasteiger partial charge < -0.3 is 15.4 Å². The quantitative estimate of drug-likeness (QED) is 0.863. The number of anilines is 2. The molecule has 0 aromatic carbocycles. The molecule has 1 unspecified atom stereocenters. The number of hydrogen-bond acceptors (Lipinski definition) is 6. The molecule has 1 atom stereocenters. The van der Waals surface area contributed by atoms with Crippen LogP contribution in [0.15, 0.2) is 0 Å². The molecule has 1 saturated heterocycles. The second-order valence-corrected chi connectivity index (χ2v) is 5.87. The van der Waals surface area contributed by atoms with Gasteiger partial charge in [-0.05, 0) is 19.3 Å². The highest BCUT2D eigenvalue weighted by molar-refractivity contribution is 7.17. The second kappa shape index (κ2) is 6.14. The number of hydrogen-bond donors (Lipinski definition) is 1. The Morgan fingerprint density at radius 2 is 2.35 bits per heavy atom. The van der Waals surface area contributed by atoms with E-state index in [2.05, 4.69) is 17.9 Å². The van der Waals surface area contributed by atoms with Crippen molar-refractivity contribution in [1.82, 2.24) is 0 Å². The van der Waals surface area contributed by atoms with Gasteiger partial charge in [-0.3, -0.25) is 0 Å². The van der Waals surface area contributed by atoms with E-state index in [0.717, 1.165) is 30.9 Å². The van der Waals surface area contributed by atoms with Gasteiger partial charge in [0.1, 0.15) is 21.5 Å². The van der Waals surface area contributed by atoms with Crippen LogP contribution in [0.5, 0.6) is 0 Å². The number of nitrogens with zero attached hydrogens (tertiary/aromatic N) is 2. The minimum absolute atomic E-state index is 0.255. The predicted octanol–water partition coefficient (Wildman–Crippen LogP) is 2.61. The molecular formula is C14H19N3O2S. The number of nitrogen functional groups attached to an aromatic ring is 1. The van der Waals surface area contributed by atoms with E-state index in [9.17, 15) is 4.79 Å². The molecule has 108 valence electrons. The zero-order valence-electron chi connectivity index (χ0n) is 11.8. The number of nitrogens with two attached hydrogens (primary N) is 1. The summed E-state index contributed by atoms with van der Waals surface area (Å²) in [6.07, 6.45) is 2.23. The van der Waals surface area contributed by atoms with Gasteiger partial charge in [-0.25, -0.2) is 4.79 Å². The Bertz CT molecular complexity index is 547. The summed E-state index contributed by atoms with van der Waals surface area (Å²) in [5, 5.41) is 9.90. The van der Waals surface area contributed by atoms with Crippen LogP contribution in [-0.2, 0) is 4.74 Å². The number of ether oxygens (including phenoxy) is 1. The lowest BCUT2D eigenvalue weighted by Crippen LogP contribution is -2.21. The summed E-state index contributed by atoms with van der Waals surface area (Å²) in [5.74, 6) is 0.205. The van der Waals surface area contributed by atoms with Crippen LogP contribution < -0.4 is 10.6 Å². The Kier molecular flexibility index (Phi) is 4.50. The van der Waals surface area contributed by atoms with E-state index < -0.39 is 5.97 Å². The van der Waals surface area contributed by atoms with Crippen LogP contribution in [-0.4, -0.2) is 25.7 Å². The third-order valence-corrected chi connectivity index (χ3v) is 4.83. The maximum atomic E-state index is 12.1. The zero-order chi connectivity index (χ0) is 14.7. The molecule has 2 rings (SSSR count). The molecule has 0 bridgehead atoms. The van der Waals surface area contributed by atoms with E-state index in [-0.39, 0.29) is 5.69 Å². The number of nitriles is 1. The molecule has 6 heteroatoms. The molecule has 0 radical (unpaired) electrons. The number of thiophene rings is 1. The molecule has 0 aliphatic carbocycles. The van der Waals surface area contributed by atoms with E-state index in [0.29, 0.717) is 23.0 Å². The first kappa shape index (κ1) is 14.7. The highest BCUT2D eigenvalue weighted by Crippen LogP contribution is 2.40. The fourth-order valence-corrected chi connectivity index (χ4v) is 3.53. The van der Waals surface area contributed by atoms with Crippen molar-refractivity contribution in [2.45, 2.75) is 26.7 Å². The average Bonchev–Trinajstić information content (AvgIpc) is 3.02. The highest BCUT2D eigenvalue weighted by Gasteiger charge is 2.30. The smallest absolute Gasteiger partial charge is 0.343 e. The van der Waals surface area contributed by atoms with Crippen molar-refractivity contribution in [3.05, 3.63) is 10.4 Å². The van der Waals surface area contributed by atoms with Crippen LogP contribution in [0.4, 0.5) is 10.7 Å². The SMILES string of the molecule is CCOC(=O)c1c(N2CCC(CC)C2)sc(C#N)c1N. The topological polar surface area (TPSA) is 79.3 Å². The third kappa shape index (κ3) is 2.59. The summed E-state index contributed by atoms with van der Waals surface area (Å²) < 4.78 is 5.07. The molecule has 5 nitrogen and oxygen atoms in total. The molecule has 0 spiro atoms. The Labute approximate surface area is 122 Å². The molecule has 20 heavy (non-hydrogen) atoms. The summed E-state index contributed by atoms with van der Waals surface area (Å²) in [7, 11) is 0. The van der Waals surface area contributed by atoms with Crippen molar-refractivity contribution < 1.29 is 9.53 Å². The number of carbonyl (C=O) groups is 1. The molecule has 1 fully saturated rings. The molecular weight excluding hydrogens is 274 g/mol. The number of esters is 1. The Morgan fingerprint density at radius 1 is 1.60 bits per heavy atom. The van der Waals surface area contributed by atoms with Crippen LogP contribution in [0, 0.1) is 17.2 Å².